The van der Waals surface area contributed by atoms with Gasteiger partial charge in [-0.3, -0.25) is 14.9 Å². The number of rotatable bonds is 8. The summed E-state index contributed by atoms with van der Waals surface area (Å²) < 4.78 is 33.5. The number of hydrogen-bond donors (Lipinski definition) is 2. The zero-order valence-electron chi connectivity index (χ0n) is 27.5. The van der Waals surface area contributed by atoms with Crippen molar-refractivity contribution >= 4 is 34.8 Å². The number of imidazole rings is 1. The van der Waals surface area contributed by atoms with E-state index in [0.717, 1.165) is 5.69 Å². The molecule has 2 fully saturated rings. The molecule has 1 aromatic heterocycles. The van der Waals surface area contributed by atoms with Crippen LogP contribution in [0.15, 0.2) is 79.4 Å². The van der Waals surface area contributed by atoms with Crippen LogP contribution in [0.2, 0.25) is 0 Å². The van der Waals surface area contributed by atoms with Crippen molar-refractivity contribution in [1.82, 2.24) is 9.55 Å². The van der Waals surface area contributed by atoms with Crippen LogP contribution < -0.4 is 15.5 Å². The molecule has 0 spiro atoms. The van der Waals surface area contributed by atoms with Gasteiger partial charge in [-0.2, -0.15) is 0 Å². The highest BCUT2D eigenvalue weighted by molar-refractivity contribution is 6.12. The summed E-state index contributed by atoms with van der Waals surface area (Å²) in [5.74, 6) is -2.07. The van der Waals surface area contributed by atoms with Crippen molar-refractivity contribution in [3.63, 3.8) is 0 Å². The molecule has 2 unspecified atom stereocenters. The van der Waals surface area contributed by atoms with E-state index in [-0.39, 0.29) is 23.6 Å². The zero-order chi connectivity index (χ0) is 34.2. The number of ether oxygens (including phenoxy) is 3. The lowest BCUT2D eigenvalue weighted by Gasteiger charge is -2.28. The topological polar surface area (TPSA) is 124 Å². The Kier molecular flexibility index (Phi) is 8.80. The molecule has 0 saturated carbocycles. The van der Waals surface area contributed by atoms with Gasteiger partial charge in [-0.05, 0) is 76.6 Å². The van der Waals surface area contributed by atoms with Crippen LogP contribution in [0.1, 0.15) is 51.4 Å². The molecule has 0 aliphatic carbocycles. The average molecular weight is 656 g/mol. The number of Topliss-reactive ketones (excluding diaryl/α,β-unsaturated/α-hetero) is 1. The predicted octanol–water partition coefficient (Wildman–Crippen LogP) is 6.58. The molecule has 2 N–H and O–H groups in total. The van der Waals surface area contributed by atoms with Crippen molar-refractivity contribution < 1.29 is 33.0 Å². The average Bonchev–Trinajstić information content (AvgIpc) is 3.73. The van der Waals surface area contributed by atoms with Crippen LogP contribution in [0.4, 0.5) is 26.2 Å². The number of carbonyl (C=O) groups is 3. The van der Waals surface area contributed by atoms with Gasteiger partial charge in [-0.15, -0.1) is 0 Å². The van der Waals surface area contributed by atoms with Gasteiger partial charge >= 0.3 is 6.09 Å². The summed E-state index contributed by atoms with van der Waals surface area (Å²) in [6.45, 7) is 10.0. The Balaban J connectivity index is 1.33. The summed E-state index contributed by atoms with van der Waals surface area (Å²) in [5.41, 5.74) is 2.85. The number of hydrogen-bond acceptors (Lipinski definition) is 8. The molecule has 2 aliphatic rings. The van der Waals surface area contributed by atoms with E-state index >= 15 is 0 Å². The highest BCUT2D eigenvalue weighted by atomic mass is 19.1. The molecule has 2 aliphatic heterocycles. The maximum atomic E-state index is 14.0. The first-order valence-corrected chi connectivity index (χ1v) is 15.7. The van der Waals surface area contributed by atoms with Crippen LogP contribution in [0.25, 0.3) is 16.8 Å². The molecule has 3 aromatic carbocycles. The highest BCUT2D eigenvalue weighted by Crippen LogP contribution is 2.42. The maximum Gasteiger partial charge on any atom is 0.412 e. The molecule has 2 saturated heterocycles. The number of nitrogens with zero attached hydrogens (tertiary/aromatic N) is 3. The molecule has 4 aromatic rings. The predicted molar refractivity (Wildman–Crippen MR) is 179 cm³/mol. The molecule has 2 atom stereocenters. The van der Waals surface area contributed by atoms with Gasteiger partial charge in [-0.25, -0.2) is 14.2 Å². The van der Waals surface area contributed by atoms with Crippen LogP contribution in [0.3, 0.4) is 0 Å². The third-order valence-electron chi connectivity index (χ3n) is 7.92. The normalized spacial score (nSPS) is 18.3. The second kappa shape index (κ2) is 12.9. The maximum absolute atomic E-state index is 14.0. The zero-order valence-corrected chi connectivity index (χ0v) is 27.5. The quantitative estimate of drug-likeness (QED) is 0.161. The summed E-state index contributed by atoms with van der Waals surface area (Å²) in [5, 5.41) is 5.60. The van der Waals surface area contributed by atoms with E-state index in [9.17, 15) is 18.8 Å². The smallest absolute Gasteiger partial charge is 0.412 e. The van der Waals surface area contributed by atoms with E-state index < -0.39 is 41.4 Å². The molecule has 11 nitrogen and oxygen atoms in total. The van der Waals surface area contributed by atoms with Gasteiger partial charge in [0.1, 0.15) is 23.6 Å². The first-order chi connectivity index (χ1) is 22.7. The van der Waals surface area contributed by atoms with Crippen molar-refractivity contribution in [1.29, 1.82) is 0 Å². The van der Waals surface area contributed by atoms with E-state index in [1.807, 2.05) is 19.9 Å². The first-order valence-electron chi connectivity index (χ1n) is 15.7. The number of carbonyl (C=O) groups excluding carboxylic acids is 3. The minimum atomic E-state index is -0.782. The number of amides is 2. The SMILES string of the molecule is CC(C)(C)OC(=O)Nc1cc(N2CC3OC(C)(C)OC3C2)c(-c2ccc(F)cc2)cc1NC(=O)CC(=O)c1cccc(-n2ccnc2)c1. The van der Waals surface area contributed by atoms with Gasteiger partial charge in [-0.1, -0.05) is 24.3 Å². The van der Waals surface area contributed by atoms with Crippen LogP contribution in [-0.2, 0) is 19.0 Å². The summed E-state index contributed by atoms with van der Waals surface area (Å²) in [6, 6.07) is 16.3. The standard InChI is InChI=1S/C36H38FN5O6/c1-35(2,3)48-34(45)40-28-17-29(42-19-31-32(20-42)47-36(4,5)46-31)26(22-9-11-24(37)12-10-22)16-27(28)39-33(44)18-30(43)23-7-6-8-25(15-23)41-14-13-38-21-41/h6-17,21,31-32H,18-20H2,1-5H3,(H,39,44)(H,40,45). The molecular weight excluding hydrogens is 617 g/mol. The Labute approximate surface area is 278 Å². The van der Waals surface area contributed by atoms with Crippen molar-refractivity contribution in [3.05, 3.63) is 90.8 Å². The number of halogens is 1. The number of benzene rings is 3. The molecule has 48 heavy (non-hydrogen) atoms. The number of anilines is 3. The number of aromatic nitrogens is 2. The third kappa shape index (κ3) is 7.56. The fourth-order valence-electron chi connectivity index (χ4n) is 5.95. The number of fused-ring (bicyclic) bond motifs is 1. The molecule has 250 valence electrons. The summed E-state index contributed by atoms with van der Waals surface area (Å²) >= 11 is 0. The largest absolute Gasteiger partial charge is 0.444 e. The Morgan fingerprint density at radius 2 is 1.67 bits per heavy atom. The fraction of sp³-hybridized carbons (Fsp3) is 0.333. The first kappa shape index (κ1) is 32.9. The molecule has 0 bridgehead atoms. The molecule has 12 heteroatoms. The molecular formula is C36H38FN5O6. The van der Waals surface area contributed by atoms with Crippen LogP contribution in [0.5, 0.6) is 0 Å². The Morgan fingerprint density at radius 1 is 0.979 bits per heavy atom. The van der Waals surface area contributed by atoms with Crippen molar-refractivity contribution in [2.24, 2.45) is 0 Å². The monoisotopic (exact) mass is 655 g/mol. The van der Waals surface area contributed by atoms with Crippen LogP contribution in [-0.4, -0.2) is 64.0 Å². The van der Waals surface area contributed by atoms with Gasteiger partial charge in [0.2, 0.25) is 5.91 Å². The van der Waals surface area contributed by atoms with Gasteiger partial charge in [0.15, 0.2) is 11.6 Å². The summed E-state index contributed by atoms with van der Waals surface area (Å²) in [4.78, 5) is 45.8. The molecule has 2 amide bonds. The second-order valence-corrected chi connectivity index (χ2v) is 13.3. The van der Waals surface area contributed by atoms with Gasteiger partial charge in [0, 0.05) is 48.0 Å². The summed E-state index contributed by atoms with van der Waals surface area (Å²) in [6.07, 6.45) is 3.47. The van der Waals surface area contributed by atoms with Crippen LogP contribution in [0, 0.1) is 5.82 Å². The summed E-state index contributed by atoms with van der Waals surface area (Å²) in [7, 11) is 0. The Morgan fingerprint density at radius 3 is 2.31 bits per heavy atom. The molecule has 6 rings (SSSR count). The van der Waals surface area contributed by atoms with E-state index in [2.05, 4.69) is 20.5 Å². The van der Waals surface area contributed by atoms with E-state index in [0.29, 0.717) is 35.5 Å². The highest BCUT2D eigenvalue weighted by Gasteiger charge is 2.47. The Bertz CT molecular complexity index is 1820. The van der Waals surface area contributed by atoms with Crippen molar-refractivity contribution in [3.8, 4) is 16.8 Å². The van der Waals surface area contributed by atoms with Crippen molar-refractivity contribution in [2.45, 2.75) is 64.6 Å². The Hall–Kier alpha value is -5.07. The third-order valence-corrected chi connectivity index (χ3v) is 7.92. The van der Waals surface area contributed by atoms with Gasteiger partial charge < -0.3 is 29.0 Å². The number of nitrogens with one attached hydrogen (secondary N) is 2. The van der Waals surface area contributed by atoms with Gasteiger partial charge in [0.25, 0.3) is 0 Å². The lowest BCUT2D eigenvalue weighted by molar-refractivity contribution is -0.147. The number of ketones is 1. The van der Waals surface area contributed by atoms with E-state index in [4.69, 9.17) is 14.2 Å². The lowest BCUT2D eigenvalue weighted by atomic mass is 10.0. The molecule has 0 radical (unpaired) electrons. The van der Waals surface area contributed by atoms with E-state index in [1.165, 1.54) is 12.1 Å². The minimum absolute atomic E-state index is 0.180. The fourth-order valence-corrected chi connectivity index (χ4v) is 5.95. The van der Waals surface area contributed by atoms with Gasteiger partial charge in [0.05, 0.1) is 24.1 Å². The van der Waals surface area contributed by atoms with Crippen LogP contribution >= 0.6 is 0 Å². The van der Waals surface area contributed by atoms with E-state index in [1.54, 1.807) is 86.5 Å². The molecule has 3 heterocycles. The second-order valence-electron chi connectivity index (χ2n) is 13.3. The van der Waals surface area contributed by atoms with Crippen molar-refractivity contribution in [2.75, 3.05) is 28.6 Å². The lowest BCUT2D eigenvalue weighted by Crippen LogP contribution is -2.30. The minimum Gasteiger partial charge on any atom is -0.444 e.